The Hall–Kier alpha value is -5.13. The zero-order chi connectivity index (χ0) is 26.4. The summed E-state index contributed by atoms with van der Waals surface area (Å²) in [6.07, 6.45) is 0.221. The highest BCUT2D eigenvalue weighted by Crippen LogP contribution is 2.28. The van der Waals surface area contributed by atoms with Gasteiger partial charge in [-0.1, -0.05) is 30.3 Å². The van der Waals surface area contributed by atoms with Gasteiger partial charge in [-0.2, -0.15) is 0 Å². The standard InChI is InChI=1S/C24H21N5O7/c1-27(24(32)17-9-12-20(28(33)34)21(14-17)29(35)36)18-10-7-16(8-11-18)23(31)26-19(22(25)30)13-15-5-3-2-4-6-15/h2-12,14,19H,13H2,1H3,(H2,25,30)(H,26,31)/t19-/m0/s1. The third-order valence-corrected chi connectivity index (χ3v) is 5.37. The lowest BCUT2D eigenvalue weighted by atomic mass is 10.0. The highest BCUT2D eigenvalue weighted by molar-refractivity contribution is 6.06. The Bertz CT molecular complexity index is 1330. The van der Waals surface area contributed by atoms with Crippen LogP contribution in [0.3, 0.4) is 0 Å². The van der Waals surface area contributed by atoms with E-state index in [2.05, 4.69) is 5.32 Å². The quantitative estimate of drug-likeness (QED) is 0.341. The summed E-state index contributed by atoms with van der Waals surface area (Å²) in [6.45, 7) is 0. The third kappa shape index (κ3) is 5.86. The number of amides is 3. The molecule has 0 aromatic heterocycles. The van der Waals surface area contributed by atoms with Gasteiger partial charge in [-0.05, 0) is 35.9 Å². The zero-order valence-electron chi connectivity index (χ0n) is 19.0. The summed E-state index contributed by atoms with van der Waals surface area (Å²) in [5.41, 5.74) is 5.18. The van der Waals surface area contributed by atoms with E-state index in [0.29, 0.717) is 5.69 Å². The molecule has 1 atom stereocenters. The molecule has 0 saturated heterocycles. The molecule has 3 N–H and O–H groups in total. The molecule has 0 radical (unpaired) electrons. The first kappa shape index (κ1) is 25.5. The van der Waals surface area contributed by atoms with Crippen molar-refractivity contribution in [1.29, 1.82) is 0 Å². The monoisotopic (exact) mass is 491 g/mol. The second-order valence-electron chi connectivity index (χ2n) is 7.75. The first-order chi connectivity index (χ1) is 17.1. The van der Waals surface area contributed by atoms with Gasteiger partial charge in [0.05, 0.1) is 9.85 Å². The second kappa shape index (κ2) is 10.9. The van der Waals surface area contributed by atoms with Crippen molar-refractivity contribution in [2.45, 2.75) is 12.5 Å². The van der Waals surface area contributed by atoms with Gasteiger partial charge in [-0.15, -0.1) is 0 Å². The number of anilines is 1. The lowest BCUT2D eigenvalue weighted by molar-refractivity contribution is -0.422. The summed E-state index contributed by atoms with van der Waals surface area (Å²) in [6, 6.07) is 16.8. The van der Waals surface area contributed by atoms with Crippen LogP contribution >= 0.6 is 0 Å². The van der Waals surface area contributed by atoms with E-state index in [1.54, 1.807) is 12.1 Å². The molecule has 12 heteroatoms. The minimum absolute atomic E-state index is 0.123. The lowest BCUT2D eigenvalue weighted by Gasteiger charge is -2.18. The van der Waals surface area contributed by atoms with Crippen molar-refractivity contribution < 1.29 is 24.2 Å². The number of hydrogen-bond acceptors (Lipinski definition) is 7. The van der Waals surface area contributed by atoms with Crippen LogP contribution in [0.2, 0.25) is 0 Å². The maximum Gasteiger partial charge on any atom is 0.346 e. The molecule has 0 unspecified atom stereocenters. The average Bonchev–Trinajstić information content (AvgIpc) is 2.87. The molecule has 36 heavy (non-hydrogen) atoms. The molecule has 0 aliphatic heterocycles. The van der Waals surface area contributed by atoms with Crippen molar-refractivity contribution in [1.82, 2.24) is 5.32 Å². The molecular formula is C24H21N5O7. The molecular weight excluding hydrogens is 470 g/mol. The molecule has 3 aromatic rings. The number of hydrogen-bond donors (Lipinski definition) is 2. The largest absolute Gasteiger partial charge is 0.368 e. The summed E-state index contributed by atoms with van der Waals surface area (Å²) in [5, 5.41) is 24.8. The lowest BCUT2D eigenvalue weighted by Crippen LogP contribution is -2.45. The van der Waals surface area contributed by atoms with Gasteiger partial charge >= 0.3 is 11.4 Å². The fourth-order valence-electron chi connectivity index (χ4n) is 3.42. The number of nitrogens with zero attached hydrogens (tertiary/aromatic N) is 3. The van der Waals surface area contributed by atoms with Crippen LogP contribution in [-0.4, -0.2) is 40.7 Å². The molecule has 0 spiro atoms. The Balaban J connectivity index is 1.74. The van der Waals surface area contributed by atoms with E-state index in [1.165, 1.54) is 36.2 Å². The van der Waals surface area contributed by atoms with Crippen molar-refractivity contribution in [3.8, 4) is 0 Å². The Morgan fingerprint density at radius 1 is 0.889 bits per heavy atom. The maximum atomic E-state index is 12.8. The number of nitro groups is 2. The van der Waals surface area contributed by atoms with Crippen molar-refractivity contribution in [3.63, 3.8) is 0 Å². The molecule has 3 amide bonds. The highest BCUT2D eigenvalue weighted by atomic mass is 16.6. The van der Waals surface area contributed by atoms with Crippen molar-refractivity contribution >= 4 is 34.8 Å². The first-order valence-electron chi connectivity index (χ1n) is 10.5. The summed E-state index contributed by atoms with van der Waals surface area (Å²) in [7, 11) is 1.41. The molecule has 0 aliphatic rings. The number of nitrogens with two attached hydrogens (primary N) is 1. The topological polar surface area (TPSA) is 179 Å². The zero-order valence-corrected chi connectivity index (χ0v) is 19.0. The minimum atomic E-state index is -0.931. The van der Waals surface area contributed by atoms with E-state index < -0.39 is 45.0 Å². The van der Waals surface area contributed by atoms with Crippen LogP contribution in [-0.2, 0) is 11.2 Å². The van der Waals surface area contributed by atoms with Crippen LogP contribution in [0.4, 0.5) is 17.1 Å². The van der Waals surface area contributed by atoms with Crippen LogP contribution in [0.1, 0.15) is 26.3 Å². The van der Waals surface area contributed by atoms with Crippen LogP contribution < -0.4 is 16.0 Å². The summed E-state index contributed by atoms with van der Waals surface area (Å²) in [5.74, 6) is -1.88. The van der Waals surface area contributed by atoms with Crippen LogP contribution in [0, 0.1) is 20.2 Å². The number of carbonyl (C=O) groups is 3. The van der Waals surface area contributed by atoms with Gasteiger partial charge in [0, 0.05) is 42.4 Å². The molecule has 184 valence electrons. The van der Waals surface area contributed by atoms with Crippen molar-refractivity contribution in [2.24, 2.45) is 5.73 Å². The second-order valence-corrected chi connectivity index (χ2v) is 7.75. The number of nitrogens with one attached hydrogen (secondary N) is 1. The Morgan fingerprint density at radius 2 is 1.47 bits per heavy atom. The normalized spacial score (nSPS) is 11.2. The molecule has 0 heterocycles. The fraction of sp³-hybridized carbons (Fsp3) is 0.125. The Kier molecular flexibility index (Phi) is 7.69. The Labute approximate surface area is 204 Å². The number of primary amides is 1. The molecule has 0 bridgehead atoms. The summed E-state index contributed by atoms with van der Waals surface area (Å²) < 4.78 is 0. The van der Waals surface area contributed by atoms with Gasteiger partial charge in [-0.3, -0.25) is 34.6 Å². The van der Waals surface area contributed by atoms with E-state index >= 15 is 0 Å². The van der Waals surface area contributed by atoms with Gasteiger partial charge in [0.25, 0.3) is 11.8 Å². The number of rotatable bonds is 9. The number of nitro benzene ring substituents is 2. The fourth-order valence-corrected chi connectivity index (χ4v) is 3.42. The van der Waals surface area contributed by atoms with Crippen LogP contribution in [0.25, 0.3) is 0 Å². The van der Waals surface area contributed by atoms with Gasteiger partial charge in [-0.25, -0.2) is 0 Å². The molecule has 12 nitrogen and oxygen atoms in total. The first-order valence-corrected chi connectivity index (χ1v) is 10.5. The summed E-state index contributed by atoms with van der Waals surface area (Å²) >= 11 is 0. The van der Waals surface area contributed by atoms with E-state index in [4.69, 9.17) is 5.73 Å². The number of benzene rings is 3. The van der Waals surface area contributed by atoms with Crippen molar-refractivity contribution in [3.05, 3.63) is 110 Å². The summed E-state index contributed by atoms with van der Waals surface area (Å²) in [4.78, 5) is 58.8. The molecule has 3 rings (SSSR count). The van der Waals surface area contributed by atoms with Crippen molar-refractivity contribution in [2.75, 3.05) is 11.9 Å². The van der Waals surface area contributed by atoms with Gasteiger partial charge in [0.2, 0.25) is 5.91 Å². The van der Waals surface area contributed by atoms with E-state index in [-0.39, 0.29) is 17.5 Å². The molecule has 0 saturated carbocycles. The smallest absolute Gasteiger partial charge is 0.346 e. The van der Waals surface area contributed by atoms with Gasteiger partial charge in [0.15, 0.2) is 0 Å². The van der Waals surface area contributed by atoms with Gasteiger partial charge in [0.1, 0.15) is 6.04 Å². The number of carbonyl (C=O) groups excluding carboxylic acids is 3. The van der Waals surface area contributed by atoms with Crippen LogP contribution in [0.5, 0.6) is 0 Å². The highest BCUT2D eigenvalue weighted by Gasteiger charge is 2.27. The minimum Gasteiger partial charge on any atom is -0.368 e. The predicted molar refractivity (Wildman–Crippen MR) is 130 cm³/mol. The van der Waals surface area contributed by atoms with E-state index in [1.807, 2.05) is 18.2 Å². The SMILES string of the molecule is CN(C(=O)c1ccc([N+](=O)[O-])c([N+](=O)[O-])c1)c1ccc(C(=O)N[C@@H](Cc2ccccc2)C(N)=O)cc1. The predicted octanol–water partition coefficient (Wildman–Crippen LogP) is 2.61. The maximum absolute atomic E-state index is 12.8. The van der Waals surface area contributed by atoms with E-state index in [0.717, 1.165) is 23.8 Å². The van der Waals surface area contributed by atoms with Crippen LogP contribution in [0.15, 0.2) is 72.8 Å². The molecule has 0 fully saturated rings. The molecule has 3 aromatic carbocycles. The van der Waals surface area contributed by atoms with E-state index in [9.17, 15) is 34.6 Å². The average molecular weight is 491 g/mol. The Morgan fingerprint density at radius 3 is 2.03 bits per heavy atom. The van der Waals surface area contributed by atoms with Gasteiger partial charge < -0.3 is 16.0 Å². The molecule has 0 aliphatic carbocycles. The third-order valence-electron chi connectivity index (χ3n) is 5.37.